The van der Waals surface area contributed by atoms with Crippen molar-refractivity contribution in [3.63, 3.8) is 0 Å². The summed E-state index contributed by atoms with van der Waals surface area (Å²) in [6.07, 6.45) is 3.45. The standard InChI is InChI=1S/C20H24N6O4/c1-28-8-7-26-19(22-23-24-26)18(25-5-3-2-4-6-25)14-9-13-10-16-17(30-12-29-16)11-15(13)21-20(14)27/h9-11,18H,2-8,12H2,1H3,(H,21,27)/p+1/t18-/m1/s1. The van der Waals surface area contributed by atoms with E-state index < -0.39 is 0 Å². The maximum atomic E-state index is 13.2. The SMILES string of the molecule is COCCn1nnnc1[C@@H](c1cc2cc3c(cc2[nH]c1=O)OCO3)[NH+]1CCCCC1. The molecule has 10 nitrogen and oxygen atoms in total. The Morgan fingerprint density at radius 1 is 1.20 bits per heavy atom. The molecule has 10 heteroatoms. The number of nitrogens with one attached hydrogen (secondary N) is 2. The average Bonchev–Trinajstić information content (AvgIpc) is 3.41. The number of hydrogen-bond acceptors (Lipinski definition) is 7. The van der Waals surface area contributed by atoms with Gasteiger partial charge < -0.3 is 24.1 Å². The van der Waals surface area contributed by atoms with Crippen molar-refractivity contribution in [3.05, 3.63) is 39.9 Å². The molecule has 3 aromatic rings. The van der Waals surface area contributed by atoms with Crippen LogP contribution in [0, 0.1) is 0 Å². The highest BCUT2D eigenvalue weighted by molar-refractivity contribution is 5.83. The van der Waals surface area contributed by atoms with E-state index in [9.17, 15) is 4.79 Å². The van der Waals surface area contributed by atoms with E-state index in [2.05, 4.69) is 20.5 Å². The number of quaternary nitrogens is 1. The highest BCUT2D eigenvalue weighted by Crippen LogP contribution is 2.35. The Kier molecular flexibility index (Phi) is 5.09. The third-order valence-electron chi connectivity index (χ3n) is 5.91. The molecule has 0 spiro atoms. The first-order chi connectivity index (χ1) is 14.7. The highest BCUT2D eigenvalue weighted by Gasteiger charge is 2.35. The lowest BCUT2D eigenvalue weighted by Gasteiger charge is -2.30. The van der Waals surface area contributed by atoms with Gasteiger partial charge in [-0.05, 0) is 41.8 Å². The predicted molar refractivity (Wildman–Crippen MR) is 107 cm³/mol. The van der Waals surface area contributed by atoms with E-state index >= 15 is 0 Å². The summed E-state index contributed by atoms with van der Waals surface area (Å²) in [5.41, 5.74) is 1.25. The molecule has 0 bridgehead atoms. The van der Waals surface area contributed by atoms with Crippen LogP contribution in [0.3, 0.4) is 0 Å². The van der Waals surface area contributed by atoms with Gasteiger partial charge in [0.05, 0.1) is 37.3 Å². The van der Waals surface area contributed by atoms with Gasteiger partial charge >= 0.3 is 0 Å². The number of tetrazole rings is 1. The Morgan fingerprint density at radius 2 is 2.00 bits per heavy atom. The lowest BCUT2D eigenvalue weighted by Crippen LogP contribution is -3.13. The summed E-state index contributed by atoms with van der Waals surface area (Å²) in [4.78, 5) is 17.5. The molecule has 0 aliphatic carbocycles. The van der Waals surface area contributed by atoms with Crippen molar-refractivity contribution in [2.45, 2.75) is 31.8 Å². The van der Waals surface area contributed by atoms with Crippen LogP contribution in [0.25, 0.3) is 10.9 Å². The third-order valence-corrected chi connectivity index (χ3v) is 5.91. The first-order valence-electron chi connectivity index (χ1n) is 10.3. The maximum absolute atomic E-state index is 13.2. The van der Waals surface area contributed by atoms with E-state index in [-0.39, 0.29) is 18.4 Å². The Bertz CT molecular complexity index is 1100. The summed E-state index contributed by atoms with van der Waals surface area (Å²) in [5, 5.41) is 13.3. The van der Waals surface area contributed by atoms with Crippen LogP contribution >= 0.6 is 0 Å². The summed E-state index contributed by atoms with van der Waals surface area (Å²) in [5.74, 6) is 2.02. The number of methoxy groups -OCH3 is 1. The number of rotatable bonds is 6. The van der Waals surface area contributed by atoms with Crippen molar-refractivity contribution in [1.82, 2.24) is 25.2 Å². The molecule has 2 aromatic heterocycles. The van der Waals surface area contributed by atoms with Crippen LogP contribution in [-0.2, 0) is 11.3 Å². The molecule has 0 unspecified atom stereocenters. The molecule has 158 valence electrons. The van der Waals surface area contributed by atoms with Gasteiger partial charge in [-0.1, -0.05) is 0 Å². The van der Waals surface area contributed by atoms with Crippen LogP contribution in [0.5, 0.6) is 11.5 Å². The van der Waals surface area contributed by atoms with E-state index in [4.69, 9.17) is 14.2 Å². The number of ether oxygens (including phenoxy) is 3. The molecule has 1 aromatic carbocycles. The number of benzene rings is 1. The summed E-state index contributed by atoms with van der Waals surface area (Å²) in [6, 6.07) is 5.41. The molecule has 5 rings (SSSR count). The Morgan fingerprint density at radius 3 is 2.80 bits per heavy atom. The zero-order chi connectivity index (χ0) is 20.5. The second-order valence-electron chi connectivity index (χ2n) is 7.75. The highest BCUT2D eigenvalue weighted by atomic mass is 16.7. The molecule has 0 saturated carbocycles. The zero-order valence-corrected chi connectivity index (χ0v) is 16.9. The van der Waals surface area contributed by atoms with Gasteiger partial charge in [-0.25, -0.2) is 4.68 Å². The first-order valence-corrected chi connectivity index (χ1v) is 10.3. The maximum Gasteiger partial charge on any atom is 0.258 e. The van der Waals surface area contributed by atoms with E-state index in [0.717, 1.165) is 36.8 Å². The number of pyridine rings is 1. The first kappa shape index (κ1) is 19.0. The molecule has 2 N–H and O–H groups in total. The van der Waals surface area contributed by atoms with Crippen LogP contribution in [0.2, 0.25) is 0 Å². The quantitative estimate of drug-likeness (QED) is 0.588. The molecule has 0 amide bonds. The van der Waals surface area contributed by atoms with Crippen LogP contribution in [-0.4, -0.2) is 58.8 Å². The fourth-order valence-electron chi connectivity index (χ4n) is 4.42. The molecule has 2 aliphatic rings. The van der Waals surface area contributed by atoms with Gasteiger partial charge in [0.25, 0.3) is 5.56 Å². The summed E-state index contributed by atoms with van der Waals surface area (Å²) >= 11 is 0. The minimum atomic E-state index is -0.254. The molecule has 1 saturated heterocycles. The van der Waals surface area contributed by atoms with Crippen molar-refractivity contribution in [2.75, 3.05) is 33.6 Å². The Balaban J connectivity index is 1.63. The number of aromatic nitrogens is 5. The van der Waals surface area contributed by atoms with Gasteiger partial charge in [0, 0.05) is 18.6 Å². The Hall–Kier alpha value is -2.98. The smallest absolute Gasteiger partial charge is 0.258 e. The number of piperidine rings is 1. The van der Waals surface area contributed by atoms with Gasteiger partial charge in [0.1, 0.15) is 0 Å². The zero-order valence-electron chi connectivity index (χ0n) is 16.9. The fourth-order valence-corrected chi connectivity index (χ4v) is 4.42. The molecule has 1 atom stereocenters. The topological polar surface area (TPSA) is 109 Å². The summed E-state index contributed by atoms with van der Waals surface area (Å²) < 4.78 is 17.9. The van der Waals surface area contributed by atoms with Crippen molar-refractivity contribution in [2.24, 2.45) is 0 Å². The predicted octanol–water partition coefficient (Wildman–Crippen LogP) is 0.0479. The molecular weight excluding hydrogens is 388 g/mol. The van der Waals surface area contributed by atoms with E-state index in [1.807, 2.05) is 18.2 Å². The van der Waals surface area contributed by atoms with Crippen LogP contribution in [0.15, 0.2) is 23.0 Å². The fraction of sp³-hybridized carbons (Fsp3) is 0.500. The number of hydrogen-bond donors (Lipinski definition) is 2. The normalized spacial score (nSPS) is 17.5. The second-order valence-corrected chi connectivity index (χ2v) is 7.75. The minimum absolute atomic E-state index is 0.134. The van der Waals surface area contributed by atoms with E-state index in [1.165, 1.54) is 11.3 Å². The van der Waals surface area contributed by atoms with Gasteiger partial charge in [0.15, 0.2) is 17.5 Å². The molecular formula is C20H25N6O4+. The third kappa shape index (κ3) is 3.41. The van der Waals surface area contributed by atoms with E-state index in [1.54, 1.807) is 11.8 Å². The molecule has 1 fully saturated rings. The Labute approximate surface area is 172 Å². The lowest BCUT2D eigenvalue weighted by molar-refractivity contribution is -0.931. The molecule has 4 heterocycles. The van der Waals surface area contributed by atoms with Crippen LogP contribution < -0.4 is 19.9 Å². The van der Waals surface area contributed by atoms with Crippen molar-refractivity contribution in [1.29, 1.82) is 0 Å². The van der Waals surface area contributed by atoms with Gasteiger partial charge in [-0.15, -0.1) is 5.10 Å². The second kappa shape index (κ2) is 8.04. The van der Waals surface area contributed by atoms with E-state index in [0.29, 0.717) is 36.0 Å². The van der Waals surface area contributed by atoms with Gasteiger partial charge in [-0.3, -0.25) is 4.79 Å². The number of nitrogens with zero attached hydrogens (tertiary/aromatic N) is 4. The average molecular weight is 413 g/mol. The monoisotopic (exact) mass is 413 g/mol. The molecule has 0 radical (unpaired) electrons. The van der Waals surface area contributed by atoms with Gasteiger partial charge in [-0.2, -0.15) is 0 Å². The van der Waals surface area contributed by atoms with Crippen LogP contribution in [0.1, 0.15) is 36.7 Å². The number of fused-ring (bicyclic) bond motifs is 2. The lowest BCUT2D eigenvalue weighted by atomic mass is 10.0. The molecule has 2 aliphatic heterocycles. The molecule has 30 heavy (non-hydrogen) atoms. The summed E-state index contributed by atoms with van der Waals surface area (Å²) in [6.45, 7) is 3.17. The van der Waals surface area contributed by atoms with Crippen molar-refractivity contribution < 1.29 is 19.1 Å². The largest absolute Gasteiger partial charge is 0.454 e. The van der Waals surface area contributed by atoms with Crippen molar-refractivity contribution in [3.8, 4) is 11.5 Å². The number of likely N-dealkylation sites (tertiary alicyclic amines) is 1. The number of H-pyrrole nitrogens is 1. The number of aromatic amines is 1. The van der Waals surface area contributed by atoms with Crippen LogP contribution in [0.4, 0.5) is 0 Å². The minimum Gasteiger partial charge on any atom is -0.454 e. The van der Waals surface area contributed by atoms with Crippen molar-refractivity contribution >= 4 is 10.9 Å². The van der Waals surface area contributed by atoms with Gasteiger partial charge in [0.2, 0.25) is 12.6 Å². The summed E-state index contributed by atoms with van der Waals surface area (Å²) in [7, 11) is 1.65.